The number of aromatic amines is 1. The van der Waals surface area contributed by atoms with Crippen molar-refractivity contribution in [3.63, 3.8) is 0 Å². The van der Waals surface area contributed by atoms with Gasteiger partial charge in [0.2, 0.25) is 5.56 Å². The number of hydrogen-bond donors (Lipinski definition) is 1. The topological polar surface area (TPSA) is 75.9 Å². The molecule has 0 bridgehead atoms. The van der Waals surface area contributed by atoms with Crippen molar-refractivity contribution in [2.45, 2.75) is 55.9 Å². The van der Waals surface area contributed by atoms with E-state index in [2.05, 4.69) is 27.5 Å². The monoisotopic (exact) mass is 473 g/mol. The number of aryl methyl sites for hydroxylation is 1. The van der Waals surface area contributed by atoms with Crippen LogP contribution in [0.2, 0.25) is 0 Å². The number of nitrogens with zero attached hydrogens (tertiary/aromatic N) is 4. The highest BCUT2D eigenvalue weighted by Crippen LogP contribution is 2.45. The van der Waals surface area contributed by atoms with Crippen molar-refractivity contribution in [2.75, 3.05) is 0 Å². The average molecular weight is 474 g/mol. The molecule has 2 aliphatic rings. The van der Waals surface area contributed by atoms with E-state index < -0.39 is 0 Å². The first-order valence-electron chi connectivity index (χ1n) is 11.6. The fraction of sp³-hybridized carbons (Fsp3) is 0.360. The van der Waals surface area contributed by atoms with Crippen molar-refractivity contribution < 1.29 is 0 Å². The molecule has 0 aliphatic heterocycles. The summed E-state index contributed by atoms with van der Waals surface area (Å²) < 4.78 is 2.21. The molecule has 1 atom stereocenters. The van der Waals surface area contributed by atoms with E-state index in [0.717, 1.165) is 56.7 Å². The summed E-state index contributed by atoms with van der Waals surface area (Å²) in [5, 5.41) is 12.5. The molecule has 1 unspecified atom stereocenters. The molecule has 0 spiro atoms. The molecule has 1 aromatic carbocycles. The van der Waals surface area contributed by atoms with Gasteiger partial charge in [0.25, 0.3) is 0 Å². The summed E-state index contributed by atoms with van der Waals surface area (Å²) in [4.78, 5) is 22.9. The van der Waals surface area contributed by atoms with Crippen molar-refractivity contribution in [3.05, 3.63) is 62.5 Å². The Kier molecular flexibility index (Phi) is 4.42. The van der Waals surface area contributed by atoms with Crippen LogP contribution in [0.15, 0.2) is 40.3 Å². The van der Waals surface area contributed by atoms with E-state index in [-0.39, 0.29) is 5.56 Å². The average Bonchev–Trinajstić information content (AvgIpc) is 3.47. The molecule has 0 amide bonds. The lowest BCUT2D eigenvalue weighted by Gasteiger charge is -2.17. The first kappa shape index (κ1) is 19.7. The Morgan fingerprint density at radius 1 is 1.21 bits per heavy atom. The molecule has 4 heterocycles. The smallest absolute Gasteiger partial charge is 0.248 e. The van der Waals surface area contributed by atoms with Gasteiger partial charge in [-0.1, -0.05) is 36.9 Å². The van der Waals surface area contributed by atoms with Gasteiger partial charge in [-0.2, -0.15) is 0 Å². The van der Waals surface area contributed by atoms with E-state index in [1.54, 1.807) is 17.8 Å². The van der Waals surface area contributed by atoms with Crippen LogP contribution in [0.3, 0.4) is 0 Å². The van der Waals surface area contributed by atoms with Crippen LogP contribution in [0.25, 0.3) is 26.8 Å². The predicted octanol–water partition coefficient (Wildman–Crippen LogP) is 5.48. The second-order valence-corrected chi connectivity index (χ2v) is 11.4. The molecule has 5 aromatic rings. The van der Waals surface area contributed by atoms with Crippen molar-refractivity contribution in [1.82, 2.24) is 24.6 Å². The lowest BCUT2D eigenvalue weighted by molar-refractivity contribution is 0.509. The molecule has 4 aromatic heterocycles. The van der Waals surface area contributed by atoms with Crippen LogP contribution in [0.4, 0.5) is 0 Å². The standard InChI is InChI=1S/C25H23N5OS2/c1-13-6-9-17-19(10-13)33-24-21(17)23-28-29-25(30(23)22(27-24)14-7-8-14)32-12-15-11-20(31)26-18-5-3-2-4-16(15)18/h2-5,11,13-14H,6-10,12H2,1H3,(H,26,31). The molecule has 166 valence electrons. The summed E-state index contributed by atoms with van der Waals surface area (Å²) >= 11 is 3.50. The second-order valence-electron chi connectivity index (χ2n) is 9.41. The van der Waals surface area contributed by atoms with Gasteiger partial charge in [0.1, 0.15) is 10.7 Å². The van der Waals surface area contributed by atoms with Crippen LogP contribution < -0.4 is 5.56 Å². The van der Waals surface area contributed by atoms with Crippen LogP contribution in [-0.2, 0) is 18.6 Å². The van der Waals surface area contributed by atoms with Gasteiger partial charge in [-0.3, -0.25) is 9.20 Å². The summed E-state index contributed by atoms with van der Waals surface area (Å²) in [6, 6.07) is 9.66. The highest BCUT2D eigenvalue weighted by atomic mass is 32.2. The van der Waals surface area contributed by atoms with Crippen molar-refractivity contribution in [3.8, 4) is 0 Å². The van der Waals surface area contributed by atoms with Gasteiger partial charge < -0.3 is 4.98 Å². The Balaban J connectivity index is 1.35. The maximum Gasteiger partial charge on any atom is 0.248 e. The van der Waals surface area contributed by atoms with Crippen molar-refractivity contribution >= 4 is 49.9 Å². The Bertz CT molecular complexity index is 1610. The van der Waals surface area contributed by atoms with Gasteiger partial charge in [-0.25, -0.2) is 4.98 Å². The third-order valence-corrected chi connectivity index (χ3v) is 9.06. The third-order valence-electron chi connectivity index (χ3n) is 6.93. The van der Waals surface area contributed by atoms with Gasteiger partial charge in [0, 0.05) is 33.5 Å². The lowest BCUT2D eigenvalue weighted by atomic mass is 9.89. The van der Waals surface area contributed by atoms with E-state index in [4.69, 9.17) is 10.1 Å². The number of hydrogen-bond acceptors (Lipinski definition) is 6. The molecule has 0 saturated heterocycles. The molecule has 0 radical (unpaired) electrons. The molecule has 2 aliphatic carbocycles. The lowest BCUT2D eigenvalue weighted by Crippen LogP contribution is -2.09. The van der Waals surface area contributed by atoms with Crippen LogP contribution in [0.5, 0.6) is 0 Å². The Morgan fingerprint density at radius 2 is 2.09 bits per heavy atom. The number of benzene rings is 1. The molecule has 6 nitrogen and oxygen atoms in total. The first-order valence-corrected chi connectivity index (χ1v) is 13.4. The quantitative estimate of drug-likeness (QED) is 0.350. The van der Waals surface area contributed by atoms with Crippen LogP contribution in [0.1, 0.15) is 53.9 Å². The molecule has 1 saturated carbocycles. The number of pyridine rings is 1. The summed E-state index contributed by atoms with van der Waals surface area (Å²) in [5.74, 6) is 2.99. The normalized spacial score (nSPS) is 18.4. The predicted molar refractivity (Wildman–Crippen MR) is 133 cm³/mol. The maximum absolute atomic E-state index is 12.2. The summed E-state index contributed by atoms with van der Waals surface area (Å²) in [6.07, 6.45) is 5.82. The number of para-hydroxylation sites is 1. The van der Waals surface area contributed by atoms with Crippen LogP contribution >= 0.6 is 23.1 Å². The largest absolute Gasteiger partial charge is 0.322 e. The Morgan fingerprint density at radius 3 is 2.97 bits per heavy atom. The minimum Gasteiger partial charge on any atom is -0.322 e. The van der Waals surface area contributed by atoms with Gasteiger partial charge in [-0.15, -0.1) is 21.5 Å². The van der Waals surface area contributed by atoms with Crippen molar-refractivity contribution in [2.24, 2.45) is 5.92 Å². The summed E-state index contributed by atoms with van der Waals surface area (Å²) in [7, 11) is 0. The van der Waals surface area contributed by atoms with Crippen LogP contribution in [0, 0.1) is 5.92 Å². The molecule has 7 rings (SSSR count). The maximum atomic E-state index is 12.2. The zero-order valence-electron chi connectivity index (χ0n) is 18.3. The first-order chi connectivity index (χ1) is 16.2. The second kappa shape index (κ2) is 7.40. The Hall–Kier alpha value is -2.71. The molecule has 8 heteroatoms. The highest BCUT2D eigenvalue weighted by Gasteiger charge is 2.32. The number of rotatable bonds is 4. The van der Waals surface area contributed by atoms with Gasteiger partial charge in [-0.05, 0) is 55.2 Å². The fourth-order valence-electron chi connectivity index (χ4n) is 5.09. The minimum atomic E-state index is -0.0726. The van der Waals surface area contributed by atoms with E-state index >= 15 is 0 Å². The van der Waals surface area contributed by atoms with Gasteiger partial charge in [0.15, 0.2) is 10.8 Å². The molecule has 1 fully saturated rings. The van der Waals surface area contributed by atoms with Crippen molar-refractivity contribution in [1.29, 1.82) is 0 Å². The SMILES string of the molecule is CC1CCc2c(sc3nc(C4CC4)n4c(SCc5cc(=O)[nH]c6ccccc56)nnc4c23)C1. The van der Waals surface area contributed by atoms with Gasteiger partial charge >= 0.3 is 0 Å². The minimum absolute atomic E-state index is 0.0726. The zero-order chi connectivity index (χ0) is 22.1. The van der Waals surface area contributed by atoms with E-state index in [1.807, 2.05) is 29.5 Å². The zero-order valence-corrected chi connectivity index (χ0v) is 19.9. The van der Waals surface area contributed by atoms with E-state index in [9.17, 15) is 4.79 Å². The highest BCUT2D eigenvalue weighted by molar-refractivity contribution is 7.98. The molecular formula is C25H23N5OS2. The molecule has 1 N–H and O–H groups in total. The summed E-state index contributed by atoms with van der Waals surface area (Å²) in [6.45, 7) is 2.34. The number of aromatic nitrogens is 5. The Labute approximate surface area is 198 Å². The fourth-order valence-corrected chi connectivity index (χ4v) is 7.40. The summed E-state index contributed by atoms with van der Waals surface area (Å²) in [5.41, 5.74) is 4.22. The number of nitrogens with one attached hydrogen (secondary N) is 1. The molecular weight excluding hydrogens is 450 g/mol. The van der Waals surface area contributed by atoms with E-state index in [0.29, 0.717) is 11.7 Å². The number of thiophene rings is 1. The van der Waals surface area contributed by atoms with E-state index in [1.165, 1.54) is 35.1 Å². The third kappa shape index (κ3) is 3.22. The number of thioether (sulfide) groups is 1. The number of fused-ring (bicyclic) bond motifs is 6. The molecule has 33 heavy (non-hydrogen) atoms. The van der Waals surface area contributed by atoms with Crippen LogP contribution in [-0.4, -0.2) is 24.6 Å². The van der Waals surface area contributed by atoms with Gasteiger partial charge in [0.05, 0.1) is 5.39 Å². The number of H-pyrrole nitrogens is 1.